The molecule has 2 aliphatic rings. The van der Waals surface area contributed by atoms with Gasteiger partial charge in [0.2, 0.25) is 0 Å². The third-order valence-corrected chi connectivity index (χ3v) is 5.85. The maximum absolute atomic E-state index is 6.27. The lowest BCUT2D eigenvalue weighted by atomic mass is 9.89. The lowest BCUT2D eigenvalue weighted by molar-refractivity contribution is -0.135. The number of rotatable bonds is 1. The molecular weight excluding hydrogens is 344 g/mol. The van der Waals surface area contributed by atoms with Crippen molar-refractivity contribution in [2.24, 2.45) is 0 Å². The zero-order valence-electron chi connectivity index (χ0n) is 15.3. The van der Waals surface area contributed by atoms with Crippen LogP contribution in [-0.2, 0) is 24.1 Å². The lowest BCUT2D eigenvalue weighted by Crippen LogP contribution is -2.30. The molecule has 1 aliphatic heterocycles. The number of aromatic nitrogens is 1. The summed E-state index contributed by atoms with van der Waals surface area (Å²) >= 11 is 6.27. The van der Waals surface area contributed by atoms with Gasteiger partial charge in [-0.2, -0.15) is 5.06 Å². The topological polar surface area (TPSA) is 25.4 Å². The number of piperidine rings is 1. The van der Waals surface area contributed by atoms with Crippen LogP contribution >= 0.6 is 11.6 Å². The van der Waals surface area contributed by atoms with Crippen LogP contribution in [0.15, 0.2) is 42.1 Å². The van der Waals surface area contributed by atoms with Crippen LogP contribution in [0.3, 0.4) is 0 Å². The maximum atomic E-state index is 6.27. The Balaban J connectivity index is 1.79. The average molecular weight is 369 g/mol. The lowest BCUT2D eigenvalue weighted by Gasteiger charge is -2.28. The highest BCUT2D eigenvalue weighted by molar-refractivity contribution is 6.30. The summed E-state index contributed by atoms with van der Waals surface area (Å²) in [6.07, 6.45) is 8.24. The van der Waals surface area contributed by atoms with Crippen LogP contribution in [0.4, 0.5) is 0 Å². The molecule has 1 saturated heterocycles. The largest absolute Gasteiger partial charge is 0.302 e. The molecule has 4 heteroatoms. The number of hydrogen-bond donors (Lipinski definition) is 0. The van der Waals surface area contributed by atoms with E-state index in [-0.39, 0.29) is 0 Å². The summed E-state index contributed by atoms with van der Waals surface area (Å²) in [6.45, 7) is 1.90. The summed E-state index contributed by atoms with van der Waals surface area (Å²) in [5, 5.41) is 2.88. The molecule has 1 aromatic carbocycles. The molecule has 0 saturated carbocycles. The number of nitrogens with zero attached hydrogens (tertiary/aromatic N) is 2. The number of hydrogen-bond acceptors (Lipinski definition) is 3. The number of benzene rings is 1. The molecule has 0 N–H and O–H groups in total. The van der Waals surface area contributed by atoms with Crippen LogP contribution in [0.2, 0.25) is 5.02 Å². The first-order valence-electron chi connectivity index (χ1n) is 9.46. The van der Waals surface area contributed by atoms with Gasteiger partial charge < -0.3 is 4.84 Å². The minimum absolute atomic E-state index is 0.834. The van der Waals surface area contributed by atoms with Crippen LogP contribution in [0.1, 0.15) is 41.6 Å². The quantitative estimate of drug-likeness (QED) is 0.717. The molecule has 0 amide bonds. The van der Waals surface area contributed by atoms with Crippen LogP contribution in [-0.4, -0.2) is 30.2 Å². The van der Waals surface area contributed by atoms with Crippen LogP contribution in [0, 0.1) is 0 Å². The molecule has 1 fully saturated rings. The fourth-order valence-corrected chi connectivity index (χ4v) is 4.38. The van der Waals surface area contributed by atoms with E-state index in [2.05, 4.69) is 24.3 Å². The van der Waals surface area contributed by atoms with Crippen molar-refractivity contribution in [1.29, 1.82) is 0 Å². The van der Waals surface area contributed by atoms with E-state index in [0.717, 1.165) is 56.6 Å². The Kier molecular flexibility index (Phi) is 5.39. The van der Waals surface area contributed by atoms with E-state index in [4.69, 9.17) is 21.4 Å². The Morgan fingerprint density at radius 2 is 1.81 bits per heavy atom. The van der Waals surface area contributed by atoms with Crippen LogP contribution < -0.4 is 0 Å². The molecule has 0 atom stereocenters. The van der Waals surface area contributed by atoms with Crippen LogP contribution in [0.25, 0.3) is 5.57 Å². The molecule has 0 bridgehead atoms. The summed E-state index contributed by atoms with van der Waals surface area (Å²) in [6, 6.07) is 10.7. The fraction of sp³-hybridized carbons (Fsp3) is 0.409. The molecule has 3 nitrogen and oxygen atoms in total. The molecular formula is C22H25ClN2O. The van der Waals surface area contributed by atoms with Gasteiger partial charge in [-0.25, -0.2) is 0 Å². The van der Waals surface area contributed by atoms with Crippen molar-refractivity contribution in [2.75, 3.05) is 20.2 Å². The first kappa shape index (κ1) is 17.7. The smallest absolute Gasteiger partial charge is 0.0696 e. The summed E-state index contributed by atoms with van der Waals surface area (Å²) in [5.41, 5.74) is 8.31. The van der Waals surface area contributed by atoms with Crippen molar-refractivity contribution >= 4 is 17.2 Å². The molecule has 1 aromatic heterocycles. The van der Waals surface area contributed by atoms with Gasteiger partial charge in [0, 0.05) is 24.3 Å². The van der Waals surface area contributed by atoms with E-state index in [1.165, 1.54) is 33.5 Å². The predicted octanol–water partition coefficient (Wildman–Crippen LogP) is 4.88. The standard InChI is InChI=1S/C22H25ClN2O/c1-26-25-12-9-16(10-13-25)21-15-19-7-8-20(23)14-18(19)5-2-4-17-6-3-11-24-22(17)21/h3,6-8,11,14H,2,4-5,9-10,12-13,15H2,1H3. The van der Waals surface area contributed by atoms with Gasteiger partial charge in [0.05, 0.1) is 12.8 Å². The average Bonchev–Trinajstić information content (AvgIpc) is 2.75. The van der Waals surface area contributed by atoms with Crippen molar-refractivity contribution in [3.63, 3.8) is 0 Å². The second-order valence-corrected chi connectivity index (χ2v) is 7.58. The number of halogens is 1. The maximum Gasteiger partial charge on any atom is 0.0696 e. The minimum atomic E-state index is 0.834. The Hall–Kier alpha value is -1.68. The van der Waals surface area contributed by atoms with E-state index in [1.807, 2.05) is 17.3 Å². The Morgan fingerprint density at radius 1 is 1.00 bits per heavy atom. The number of aryl methyl sites for hydroxylation is 2. The summed E-state index contributed by atoms with van der Waals surface area (Å²) < 4.78 is 0. The SMILES string of the molecule is CON1CCC(=C2Cc3ccc(Cl)cc3CCCc3cccnc32)CC1. The van der Waals surface area contributed by atoms with Gasteiger partial charge in [-0.3, -0.25) is 4.98 Å². The zero-order valence-corrected chi connectivity index (χ0v) is 16.1. The highest BCUT2D eigenvalue weighted by Gasteiger charge is 2.22. The fourth-order valence-electron chi connectivity index (χ4n) is 4.19. The van der Waals surface area contributed by atoms with E-state index in [1.54, 1.807) is 7.11 Å². The normalized spacial score (nSPS) is 18.5. The molecule has 2 heterocycles. The third-order valence-electron chi connectivity index (χ3n) is 5.62. The van der Waals surface area contributed by atoms with Crippen molar-refractivity contribution in [3.05, 3.63) is 69.5 Å². The van der Waals surface area contributed by atoms with Gasteiger partial charge in [0.1, 0.15) is 0 Å². The van der Waals surface area contributed by atoms with Crippen molar-refractivity contribution in [3.8, 4) is 0 Å². The van der Waals surface area contributed by atoms with Crippen molar-refractivity contribution in [1.82, 2.24) is 10.0 Å². The van der Waals surface area contributed by atoms with Gasteiger partial charge >= 0.3 is 0 Å². The van der Waals surface area contributed by atoms with Gasteiger partial charge in [0.25, 0.3) is 0 Å². The number of allylic oxidation sites excluding steroid dienone is 1. The second-order valence-electron chi connectivity index (χ2n) is 7.15. The highest BCUT2D eigenvalue weighted by Crippen LogP contribution is 2.34. The van der Waals surface area contributed by atoms with Crippen LogP contribution in [0.5, 0.6) is 0 Å². The molecule has 2 aromatic rings. The second kappa shape index (κ2) is 7.91. The Bertz CT molecular complexity index is 821. The molecule has 136 valence electrons. The molecule has 1 aliphatic carbocycles. The number of fused-ring (bicyclic) bond motifs is 2. The predicted molar refractivity (Wildman–Crippen MR) is 106 cm³/mol. The number of hydroxylamine groups is 2. The summed E-state index contributed by atoms with van der Waals surface area (Å²) in [4.78, 5) is 10.2. The van der Waals surface area contributed by atoms with E-state index in [9.17, 15) is 0 Å². The third kappa shape index (κ3) is 3.71. The molecule has 26 heavy (non-hydrogen) atoms. The molecule has 0 radical (unpaired) electrons. The van der Waals surface area contributed by atoms with Crippen molar-refractivity contribution < 1.29 is 4.84 Å². The zero-order chi connectivity index (χ0) is 17.9. The first-order valence-corrected chi connectivity index (χ1v) is 9.84. The summed E-state index contributed by atoms with van der Waals surface area (Å²) in [5.74, 6) is 0. The number of pyridine rings is 1. The Morgan fingerprint density at radius 3 is 2.62 bits per heavy atom. The van der Waals surface area contributed by atoms with E-state index >= 15 is 0 Å². The van der Waals surface area contributed by atoms with Gasteiger partial charge in [-0.1, -0.05) is 29.3 Å². The van der Waals surface area contributed by atoms with E-state index in [0.29, 0.717) is 0 Å². The Labute approximate surface area is 160 Å². The minimum Gasteiger partial charge on any atom is -0.302 e. The molecule has 4 rings (SSSR count). The first-order chi connectivity index (χ1) is 12.7. The molecule has 0 unspecified atom stereocenters. The highest BCUT2D eigenvalue weighted by atomic mass is 35.5. The summed E-state index contributed by atoms with van der Waals surface area (Å²) in [7, 11) is 1.76. The van der Waals surface area contributed by atoms with Gasteiger partial charge in [0.15, 0.2) is 0 Å². The van der Waals surface area contributed by atoms with Gasteiger partial charge in [-0.15, -0.1) is 0 Å². The van der Waals surface area contributed by atoms with Crippen molar-refractivity contribution in [2.45, 2.75) is 38.5 Å². The monoisotopic (exact) mass is 368 g/mol. The molecule has 0 spiro atoms. The van der Waals surface area contributed by atoms with Gasteiger partial charge in [-0.05, 0) is 79.0 Å². The van der Waals surface area contributed by atoms with E-state index < -0.39 is 0 Å².